The summed E-state index contributed by atoms with van der Waals surface area (Å²) in [6.45, 7) is 2.93. The Morgan fingerprint density at radius 3 is 2.53 bits per heavy atom. The van der Waals surface area contributed by atoms with E-state index in [0.717, 1.165) is 56.2 Å². The molecule has 3 aliphatic heterocycles. The van der Waals surface area contributed by atoms with Gasteiger partial charge in [-0.3, -0.25) is 4.79 Å². The molecule has 2 aromatic rings. The molecule has 1 amide bonds. The van der Waals surface area contributed by atoms with E-state index in [1.807, 2.05) is 0 Å². The molecule has 43 heavy (non-hydrogen) atoms. The number of hydrogen-bond acceptors (Lipinski definition) is 9. The van der Waals surface area contributed by atoms with Crippen molar-refractivity contribution in [1.82, 2.24) is 20.2 Å². The second kappa shape index (κ2) is 14.2. The second-order valence-electron chi connectivity index (χ2n) is 11.3. The van der Waals surface area contributed by atoms with Crippen molar-refractivity contribution in [2.75, 3.05) is 52.4 Å². The maximum absolute atomic E-state index is 13.4. The number of piperidine rings is 1. The predicted molar refractivity (Wildman–Crippen MR) is 152 cm³/mol. The summed E-state index contributed by atoms with van der Waals surface area (Å²) < 4.78 is 61.4. The van der Waals surface area contributed by atoms with Crippen LogP contribution in [-0.4, -0.2) is 92.1 Å². The molecule has 13 heteroatoms. The summed E-state index contributed by atoms with van der Waals surface area (Å²) in [4.78, 5) is 23.9. The summed E-state index contributed by atoms with van der Waals surface area (Å²) in [6, 6.07) is 7.39. The number of ether oxygens (including phenoxy) is 4. The van der Waals surface area contributed by atoms with E-state index < -0.39 is 11.7 Å². The van der Waals surface area contributed by atoms with E-state index in [0.29, 0.717) is 44.7 Å². The molecule has 1 aromatic carbocycles. The van der Waals surface area contributed by atoms with Crippen molar-refractivity contribution in [3.63, 3.8) is 0 Å². The van der Waals surface area contributed by atoms with Crippen LogP contribution in [0.25, 0.3) is 0 Å². The number of methoxy groups -OCH3 is 2. The minimum atomic E-state index is -4.37. The van der Waals surface area contributed by atoms with Crippen LogP contribution in [0, 0.1) is 0 Å². The number of carbonyl (C=O) groups is 1. The predicted octanol–water partition coefficient (Wildman–Crippen LogP) is 4.22. The molecule has 0 radical (unpaired) electrons. The highest BCUT2D eigenvalue weighted by atomic mass is 19.4. The van der Waals surface area contributed by atoms with Crippen LogP contribution in [0.5, 0.6) is 6.01 Å². The highest BCUT2D eigenvalue weighted by Crippen LogP contribution is 2.34. The lowest BCUT2D eigenvalue weighted by Crippen LogP contribution is -2.54. The average molecular weight is 608 g/mol. The molecule has 0 spiro atoms. The largest absolute Gasteiger partial charge is 0.467 e. The normalized spacial score (nSPS) is 25.4. The summed E-state index contributed by atoms with van der Waals surface area (Å²) in [7, 11) is 3.16. The van der Waals surface area contributed by atoms with Crippen LogP contribution >= 0.6 is 0 Å². The molecule has 3 aliphatic rings. The van der Waals surface area contributed by atoms with Gasteiger partial charge in [-0.15, -0.1) is 0 Å². The van der Waals surface area contributed by atoms with Crippen LogP contribution in [0.4, 0.5) is 19.0 Å². The molecule has 4 heterocycles. The second-order valence-corrected chi connectivity index (χ2v) is 11.3. The van der Waals surface area contributed by atoms with Crippen molar-refractivity contribution in [3.05, 3.63) is 47.2 Å². The van der Waals surface area contributed by atoms with Crippen LogP contribution in [-0.2, 0) is 20.4 Å². The van der Waals surface area contributed by atoms with Crippen molar-refractivity contribution >= 4 is 11.7 Å². The topological polar surface area (TPSA) is 107 Å². The summed E-state index contributed by atoms with van der Waals surface area (Å²) in [5.74, 6) is 0.261. The minimum absolute atomic E-state index is 0.0301. The number of benzene rings is 1. The smallest absolute Gasteiger partial charge is 0.416 e. The summed E-state index contributed by atoms with van der Waals surface area (Å²) >= 11 is 0. The Hall–Kier alpha value is -3.00. The molecular weight excluding hydrogens is 567 g/mol. The highest BCUT2D eigenvalue weighted by molar-refractivity contribution is 5.93. The Balaban J connectivity index is 1.15. The summed E-state index contributed by atoms with van der Waals surface area (Å²) in [5.41, 5.74) is 0.293. The van der Waals surface area contributed by atoms with E-state index in [9.17, 15) is 18.0 Å². The average Bonchev–Trinajstić information content (AvgIpc) is 3.03. The standard InChI is InChI=1S/C30H40F3N5O5/c1-40-26-18-42-15-12-23(26)35-21-10-13-38(14-11-21)28(39)24-16-27(37-29(36-24)41-2)34-17-22-4-3-5-25(43-22)19-6-8-20(9-7-19)30(31,32)33/h6-9,16,21-23,25-26,35H,3-5,10-15,17-18H2,1-2H3,(H,34,36,37)/t22?,23-,25-,26+/m0/s1. The molecule has 1 aromatic heterocycles. The van der Waals surface area contributed by atoms with Crippen LogP contribution in [0.1, 0.15) is 66.2 Å². The number of anilines is 1. The van der Waals surface area contributed by atoms with E-state index in [2.05, 4.69) is 20.6 Å². The van der Waals surface area contributed by atoms with Crippen molar-refractivity contribution < 1.29 is 36.9 Å². The molecule has 0 saturated carbocycles. The number of hydrogen-bond donors (Lipinski definition) is 2. The van der Waals surface area contributed by atoms with Gasteiger partial charge in [-0.25, -0.2) is 0 Å². The monoisotopic (exact) mass is 607 g/mol. The van der Waals surface area contributed by atoms with Gasteiger partial charge in [0.15, 0.2) is 0 Å². The van der Waals surface area contributed by atoms with Gasteiger partial charge in [0.1, 0.15) is 11.5 Å². The molecule has 0 bridgehead atoms. The number of nitrogens with zero attached hydrogens (tertiary/aromatic N) is 3. The lowest BCUT2D eigenvalue weighted by Gasteiger charge is -2.38. The molecule has 4 atom stereocenters. The van der Waals surface area contributed by atoms with Gasteiger partial charge in [-0.05, 0) is 56.2 Å². The van der Waals surface area contributed by atoms with E-state index in [4.69, 9.17) is 18.9 Å². The van der Waals surface area contributed by atoms with Gasteiger partial charge in [-0.1, -0.05) is 12.1 Å². The Labute approximate surface area is 249 Å². The number of alkyl halides is 3. The van der Waals surface area contributed by atoms with E-state index in [1.54, 1.807) is 18.1 Å². The van der Waals surface area contributed by atoms with Crippen LogP contribution in [0.15, 0.2) is 30.3 Å². The maximum Gasteiger partial charge on any atom is 0.416 e. The zero-order valence-corrected chi connectivity index (χ0v) is 24.6. The van der Waals surface area contributed by atoms with Gasteiger partial charge < -0.3 is 34.5 Å². The van der Waals surface area contributed by atoms with Crippen LogP contribution in [0.3, 0.4) is 0 Å². The van der Waals surface area contributed by atoms with Crippen molar-refractivity contribution in [2.24, 2.45) is 0 Å². The molecular formula is C30H40F3N5O5. The third-order valence-electron chi connectivity index (χ3n) is 8.42. The quantitative estimate of drug-likeness (QED) is 0.433. The molecule has 5 rings (SSSR count). The van der Waals surface area contributed by atoms with Crippen molar-refractivity contribution in [2.45, 2.75) is 75.1 Å². The van der Waals surface area contributed by atoms with Crippen molar-refractivity contribution in [1.29, 1.82) is 0 Å². The van der Waals surface area contributed by atoms with Gasteiger partial charge in [0, 0.05) is 51.5 Å². The first-order valence-corrected chi connectivity index (χ1v) is 14.9. The Bertz CT molecular complexity index is 1210. The number of nitrogens with one attached hydrogen (secondary N) is 2. The van der Waals surface area contributed by atoms with Gasteiger partial charge in [0.2, 0.25) is 0 Å². The fourth-order valence-electron chi connectivity index (χ4n) is 5.97. The third kappa shape index (κ3) is 8.14. The SMILES string of the molecule is COc1nc(NCC2CCC[C@@H](c3ccc(C(F)(F)F)cc3)O2)cc(C(=O)N2CCC(N[C@H]3CCOC[C@H]3OC)CC2)n1. The first-order valence-electron chi connectivity index (χ1n) is 14.9. The first kappa shape index (κ1) is 31.4. The molecule has 2 N–H and O–H groups in total. The zero-order valence-electron chi connectivity index (χ0n) is 24.6. The van der Waals surface area contributed by atoms with Gasteiger partial charge >= 0.3 is 12.2 Å². The van der Waals surface area contributed by atoms with Gasteiger partial charge in [0.05, 0.1) is 37.6 Å². The molecule has 3 saturated heterocycles. The lowest BCUT2D eigenvalue weighted by atomic mass is 9.97. The lowest BCUT2D eigenvalue weighted by molar-refractivity contribution is -0.137. The third-order valence-corrected chi connectivity index (χ3v) is 8.42. The van der Waals surface area contributed by atoms with Crippen LogP contribution < -0.4 is 15.4 Å². The number of halogens is 3. The maximum atomic E-state index is 13.4. The zero-order chi connectivity index (χ0) is 30.4. The molecule has 0 aliphatic carbocycles. The fraction of sp³-hybridized carbons (Fsp3) is 0.633. The van der Waals surface area contributed by atoms with Gasteiger partial charge in [-0.2, -0.15) is 23.1 Å². The van der Waals surface area contributed by atoms with Crippen molar-refractivity contribution in [3.8, 4) is 6.01 Å². The highest BCUT2D eigenvalue weighted by Gasteiger charge is 2.32. The first-order chi connectivity index (χ1) is 20.7. The minimum Gasteiger partial charge on any atom is -0.467 e. The number of amides is 1. The Morgan fingerprint density at radius 2 is 1.84 bits per heavy atom. The Kier molecular flexibility index (Phi) is 10.4. The molecule has 3 fully saturated rings. The Morgan fingerprint density at radius 1 is 1.07 bits per heavy atom. The molecule has 1 unspecified atom stereocenters. The fourth-order valence-corrected chi connectivity index (χ4v) is 5.97. The summed E-state index contributed by atoms with van der Waals surface area (Å²) in [5, 5.41) is 6.94. The molecule has 10 nitrogen and oxygen atoms in total. The number of likely N-dealkylation sites (tertiary alicyclic amines) is 1. The number of carbonyl (C=O) groups excluding carboxylic acids is 1. The summed E-state index contributed by atoms with van der Waals surface area (Å²) in [6.07, 6.45) is 0.140. The molecule has 236 valence electrons. The van der Waals surface area contributed by atoms with E-state index in [1.165, 1.54) is 19.2 Å². The van der Waals surface area contributed by atoms with E-state index in [-0.39, 0.29) is 42.0 Å². The van der Waals surface area contributed by atoms with Gasteiger partial charge in [0.25, 0.3) is 5.91 Å². The van der Waals surface area contributed by atoms with E-state index >= 15 is 0 Å². The van der Waals surface area contributed by atoms with Crippen LogP contribution in [0.2, 0.25) is 0 Å². The number of rotatable bonds is 9. The number of aromatic nitrogens is 2.